The third-order valence-electron chi connectivity index (χ3n) is 4.48. The number of halogens is 1. The van der Waals surface area contributed by atoms with Crippen molar-refractivity contribution in [2.24, 2.45) is 10.3 Å². The van der Waals surface area contributed by atoms with Crippen LogP contribution in [0.25, 0.3) is 0 Å². The van der Waals surface area contributed by atoms with Gasteiger partial charge in [-0.1, -0.05) is 17.4 Å². The molecule has 2 aromatic rings. The Kier molecular flexibility index (Phi) is 3.38. The van der Waals surface area contributed by atoms with Crippen LogP contribution in [0.15, 0.2) is 52.8 Å². The van der Waals surface area contributed by atoms with E-state index in [-0.39, 0.29) is 0 Å². The molecule has 4 rings (SSSR count). The van der Waals surface area contributed by atoms with E-state index in [4.69, 9.17) is 0 Å². The number of carbonyl (C=O) groups is 2. The van der Waals surface area contributed by atoms with Gasteiger partial charge in [0.05, 0.1) is 11.4 Å². The fraction of sp³-hybridized carbons (Fsp3) is 0.222. The lowest BCUT2D eigenvalue weighted by atomic mass is 10.1. The van der Waals surface area contributed by atoms with Crippen LogP contribution in [0.3, 0.4) is 0 Å². The first-order chi connectivity index (χ1) is 12.0. The minimum absolute atomic E-state index is 0.335. The number of aryl methyl sites for hydroxylation is 2. The molecule has 2 amide bonds. The largest absolute Gasteiger partial charge is 0.271 e. The Morgan fingerprint density at radius 3 is 2.44 bits per heavy atom. The van der Waals surface area contributed by atoms with E-state index in [0.717, 1.165) is 21.7 Å². The molecule has 126 valence electrons. The van der Waals surface area contributed by atoms with Crippen LogP contribution in [0, 0.1) is 19.7 Å². The zero-order chi connectivity index (χ0) is 17.7. The second kappa shape index (κ2) is 5.47. The van der Waals surface area contributed by atoms with E-state index >= 15 is 0 Å². The van der Waals surface area contributed by atoms with Crippen LogP contribution in [0.2, 0.25) is 0 Å². The molecule has 2 aliphatic rings. The maximum absolute atomic E-state index is 13.1. The topological polar surface area (TPSA) is 65.3 Å². The maximum Gasteiger partial charge on any atom is 0.263 e. The highest BCUT2D eigenvalue weighted by Crippen LogP contribution is 2.36. The molecule has 0 aliphatic carbocycles. The molecule has 0 saturated carbocycles. The molecule has 1 fully saturated rings. The van der Waals surface area contributed by atoms with Gasteiger partial charge in [-0.15, -0.1) is 0 Å². The van der Waals surface area contributed by atoms with Gasteiger partial charge in [-0.25, -0.2) is 14.3 Å². The van der Waals surface area contributed by atoms with E-state index in [1.165, 1.54) is 29.3 Å². The molecule has 0 aromatic heterocycles. The number of hydrogen-bond acceptors (Lipinski definition) is 5. The summed E-state index contributed by atoms with van der Waals surface area (Å²) in [5, 5.41) is 9.59. The van der Waals surface area contributed by atoms with E-state index in [0.29, 0.717) is 5.69 Å². The quantitative estimate of drug-likeness (QED) is 0.791. The summed E-state index contributed by atoms with van der Waals surface area (Å²) in [6.07, 6.45) is 0. The lowest BCUT2D eigenvalue weighted by Crippen LogP contribution is -2.40. The van der Waals surface area contributed by atoms with Crippen LogP contribution in [0.1, 0.15) is 11.1 Å². The zero-order valence-electron chi connectivity index (χ0n) is 13.7. The fourth-order valence-corrected chi connectivity index (χ4v) is 3.17. The molecule has 7 heteroatoms. The molecule has 2 atom stereocenters. The van der Waals surface area contributed by atoms with Gasteiger partial charge in [0.15, 0.2) is 12.1 Å². The van der Waals surface area contributed by atoms with Crippen molar-refractivity contribution < 1.29 is 14.0 Å². The fourth-order valence-electron chi connectivity index (χ4n) is 3.17. The molecule has 6 nitrogen and oxygen atoms in total. The number of anilines is 2. The third-order valence-corrected chi connectivity index (χ3v) is 4.48. The monoisotopic (exact) mass is 338 g/mol. The van der Waals surface area contributed by atoms with E-state index in [9.17, 15) is 14.0 Å². The first-order valence-corrected chi connectivity index (χ1v) is 7.88. The second-order valence-electron chi connectivity index (χ2n) is 6.22. The summed E-state index contributed by atoms with van der Waals surface area (Å²) in [5.41, 5.74) is 3.04. The highest BCUT2D eigenvalue weighted by molar-refractivity contribution is 6.26. The van der Waals surface area contributed by atoms with Crippen LogP contribution >= 0.6 is 0 Å². The Bertz CT molecular complexity index is 910. The number of amides is 2. The molecule has 25 heavy (non-hydrogen) atoms. The van der Waals surface area contributed by atoms with Gasteiger partial charge in [-0.3, -0.25) is 9.59 Å². The number of hydrogen-bond donors (Lipinski definition) is 0. The van der Waals surface area contributed by atoms with Gasteiger partial charge in [-0.2, -0.15) is 5.11 Å². The first kappa shape index (κ1) is 15.4. The molecule has 0 radical (unpaired) electrons. The van der Waals surface area contributed by atoms with Gasteiger partial charge in [-0.05, 0) is 55.3 Å². The Morgan fingerprint density at radius 1 is 1.00 bits per heavy atom. The average molecular weight is 338 g/mol. The molecule has 0 bridgehead atoms. The summed E-state index contributed by atoms with van der Waals surface area (Å²) in [7, 11) is 0. The lowest BCUT2D eigenvalue weighted by Gasteiger charge is -2.22. The van der Waals surface area contributed by atoms with E-state index < -0.39 is 29.7 Å². The number of nitrogens with zero attached hydrogens (tertiary/aromatic N) is 4. The summed E-state index contributed by atoms with van der Waals surface area (Å²) in [4.78, 5) is 26.6. The highest BCUT2D eigenvalue weighted by Gasteiger charge is 2.55. The van der Waals surface area contributed by atoms with Crippen molar-refractivity contribution in [2.45, 2.75) is 25.9 Å². The summed E-state index contributed by atoms with van der Waals surface area (Å²) < 4.78 is 13.1. The van der Waals surface area contributed by atoms with Crippen molar-refractivity contribution in [3.63, 3.8) is 0 Å². The van der Waals surface area contributed by atoms with E-state index in [1.54, 1.807) is 0 Å². The highest BCUT2D eigenvalue weighted by atomic mass is 19.1. The van der Waals surface area contributed by atoms with Crippen LogP contribution in [-0.4, -0.2) is 23.9 Å². The molecule has 2 aliphatic heterocycles. The minimum Gasteiger partial charge on any atom is -0.271 e. The van der Waals surface area contributed by atoms with Gasteiger partial charge < -0.3 is 0 Å². The van der Waals surface area contributed by atoms with Crippen LogP contribution in [0.4, 0.5) is 15.8 Å². The Balaban J connectivity index is 1.73. The number of fused-ring (bicyclic) bond motifs is 1. The number of rotatable bonds is 2. The smallest absolute Gasteiger partial charge is 0.263 e. The Labute approximate surface area is 143 Å². The van der Waals surface area contributed by atoms with Crippen molar-refractivity contribution in [3.05, 3.63) is 59.4 Å². The molecule has 0 spiro atoms. The Hall–Kier alpha value is -3.09. The molecule has 2 heterocycles. The minimum atomic E-state index is -0.877. The van der Waals surface area contributed by atoms with Crippen molar-refractivity contribution in [3.8, 4) is 0 Å². The van der Waals surface area contributed by atoms with Gasteiger partial charge in [0.1, 0.15) is 5.82 Å². The van der Waals surface area contributed by atoms with E-state index in [1.807, 2.05) is 32.0 Å². The van der Waals surface area contributed by atoms with Gasteiger partial charge in [0, 0.05) is 0 Å². The number of imide groups is 1. The average Bonchev–Trinajstić information content (AvgIpc) is 3.12. The van der Waals surface area contributed by atoms with Crippen LogP contribution < -0.4 is 9.91 Å². The SMILES string of the molecule is Cc1ccc(C)c(N2N=N[C@@H]3C(=O)N(c4ccc(F)cc4)C(=O)[C@H]32)c1. The van der Waals surface area contributed by atoms with Crippen molar-refractivity contribution in [1.29, 1.82) is 0 Å². The second-order valence-corrected chi connectivity index (χ2v) is 6.22. The number of carbonyl (C=O) groups excluding carboxylic acids is 2. The summed E-state index contributed by atoms with van der Waals surface area (Å²) in [6.45, 7) is 3.86. The van der Waals surface area contributed by atoms with Crippen molar-refractivity contribution in [1.82, 2.24) is 0 Å². The molecule has 1 saturated heterocycles. The van der Waals surface area contributed by atoms with Crippen LogP contribution in [0.5, 0.6) is 0 Å². The normalized spacial score (nSPS) is 22.0. The molecular formula is C18H15FN4O2. The third kappa shape index (κ3) is 2.31. The predicted octanol–water partition coefficient (Wildman–Crippen LogP) is 2.94. The van der Waals surface area contributed by atoms with Gasteiger partial charge >= 0.3 is 0 Å². The van der Waals surface area contributed by atoms with Gasteiger partial charge in [0.25, 0.3) is 11.8 Å². The summed E-state index contributed by atoms with van der Waals surface area (Å²) >= 11 is 0. The van der Waals surface area contributed by atoms with Crippen molar-refractivity contribution >= 4 is 23.2 Å². The molecule has 2 aromatic carbocycles. The van der Waals surface area contributed by atoms with Crippen molar-refractivity contribution in [2.75, 3.05) is 9.91 Å². The summed E-state index contributed by atoms with van der Waals surface area (Å²) in [6, 6.07) is 9.38. The predicted molar refractivity (Wildman–Crippen MR) is 89.7 cm³/mol. The number of benzene rings is 2. The Morgan fingerprint density at radius 2 is 1.72 bits per heavy atom. The maximum atomic E-state index is 13.1. The molecular weight excluding hydrogens is 323 g/mol. The molecule has 0 N–H and O–H groups in total. The molecule has 0 unspecified atom stereocenters. The first-order valence-electron chi connectivity index (χ1n) is 7.88. The van der Waals surface area contributed by atoms with Gasteiger partial charge in [0.2, 0.25) is 0 Å². The zero-order valence-corrected chi connectivity index (χ0v) is 13.7. The lowest BCUT2D eigenvalue weighted by molar-refractivity contribution is -0.121. The summed E-state index contributed by atoms with van der Waals surface area (Å²) in [5.74, 6) is -1.29. The van der Waals surface area contributed by atoms with E-state index in [2.05, 4.69) is 10.3 Å². The standard InChI is InChI=1S/C18H15FN4O2/c1-10-3-4-11(2)14(9-10)23-16-15(20-21-23)17(24)22(18(16)25)13-7-5-12(19)6-8-13/h3-9,15-16H,1-2H3/t15-,16-/m0/s1. The van der Waals surface area contributed by atoms with Crippen LogP contribution in [-0.2, 0) is 9.59 Å².